The highest BCUT2D eigenvalue weighted by atomic mass is 19.1. The number of rotatable bonds is 8. The van der Waals surface area contributed by atoms with Crippen molar-refractivity contribution in [2.75, 3.05) is 32.8 Å². The van der Waals surface area contributed by atoms with Crippen LogP contribution in [0.4, 0.5) is 4.39 Å². The van der Waals surface area contributed by atoms with Crippen LogP contribution in [0.2, 0.25) is 0 Å². The number of hydrogen-bond donors (Lipinski definition) is 2. The van der Waals surface area contributed by atoms with Crippen molar-refractivity contribution in [3.8, 4) is 5.75 Å². The molecule has 1 unspecified atom stereocenters. The molecule has 1 saturated heterocycles. The van der Waals surface area contributed by atoms with Gasteiger partial charge in [0.25, 0.3) is 0 Å². The first kappa shape index (κ1) is 20.0. The lowest BCUT2D eigenvalue weighted by atomic mass is 10.3. The first-order valence-corrected chi connectivity index (χ1v) is 9.33. The lowest BCUT2D eigenvalue weighted by Crippen LogP contribution is -2.45. The Balaban J connectivity index is 1.72. The van der Waals surface area contributed by atoms with E-state index in [1.54, 1.807) is 12.1 Å². The number of halogens is 1. The number of nitrogens with one attached hydrogen (secondary N) is 2. The Morgan fingerprint density at radius 2 is 2.12 bits per heavy atom. The molecule has 6 nitrogen and oxygen atoms in total. The fraction of sp³-hybridized carbons (Fsp3) is 0.579. The van der Waals surface area contributed by atoms with E-state index in [4.69, 9.17) is 4.74 Å². The molecule has 0 spiro atoms. The number of nitrogens with zero attached hydrogens (tertiary/aromatic N) is 2. The summed E-state index contributed by atoms with van der Waals surface area (Å²) in [6, 6.07) is 6.24. The van der Waals surface area contributed by atoms with Crippen LogP contribution in [-0.4, -0.2) is 55.6 Å². The van der Waals surface area contributed by atoms with Crippen LogP contribution in [0.25, 0.3) is 0 Å². The summed E-state index contributed by atoms with van der Waals surface area (Å²) in [6.07, 6.45) is 2.25. The smallest absolute Gasteiger partial charge is 0.222 e. The van der Waals surface area contributed by atoms with Crippen LogP contribution in [0.3, 0.4) is 0 Å². The first-order chi connectivity index (χ1) is 12.6. The number of aliphatic imine (C=N–C) groups is 1. The molecule has 2 N–H and O–H groups in total. The Kier molecular flexibility index (Phi) is 8.18. The van der Waals surface area contributed by atoms with Crippen molar-refractivity contribution in [3.63, 3.8) is 0 Å². The van der Waals surface area contributed by atoms with Crippen molar-refractivity contribution in [3.05, 3.63) is 30.1 Å². The van der Waals surface area contributed by atoms with Crippen LogP contribution in [0.1, 0.15) is 33.1 Å². The van der Waals surface area contributed by atoms with E-state index in [2.05, 4.69) is 15.6 Å². The summed E-state index contributed by atoms with van der Waals surface area (Å²) in [6.45, 7) is 7.37. The summed E-state index contributed by atoms with van der Waals surface area (Å²) >= 11 is 0. The van der Waals surface area contributed by atoms with Gasteiger partial charge >= 0.3 is 0 Å². The number of likely N-dealkylation sites (tertiary alicyclic amines) is 1. The third kappa shape index (κ3) is 6.54. The molecule has 0 aliphatic carbocycles. The van der Waals surface area contributed by atoms with Crippen molar-refractivity contribution in [1.82, 2.24) is 15.5 Å². The summed E-state index contributed by atoms with van der Waals surface area (Å²) in [5.74, 6) is 1.36. The molecule has 1 atom stereocenters. The molecule has 7 heteroatoms. The van der Waals surface area contributed by atoms with Crippen LogP contribution in [0, 0.1) is 5.82 Å². The van der Waals surface area contributed by atoms with Crippen molar-refractivity contribution in [1.29, 1.82) is 0 Å². The first-order valence-electron chi connectivity index (χ1n) is 9.33. The fourth-order valence-corrected chi connectivity index (χ4v) is 2.82. The van der Waals surface area contributed by atoms with Crippen molar-refractivity contribution in [2.45, 2.75) is 39.2 Å². The van der Waals surface area contributed by atoms with Crippen LogP contribution in [0.15, 0.2) is 29.3 Å². The Hall–Kier alpha value is -2.31. The summed E-state index contributed by atoms with van der Waals surface area (Å²) in [5, 5.41) is 6.64. The highest BCUT2D eigenvalue weighted by Gasteiger charge is 2.25. The zero-order chi connectivity index (χ0) is 18.8. The SMILES string of the molecule is CCNC(=NCCCOc1ccc(F)cc1)NC1CCN(C(=O)CC)C1. The van der Waals surface area contributed by atoms with E-state index in [9.17, 15) is 9.18 Å². The van der Waals surface area contributed by atoms with Gasteiger partial charge in [-0.05, 0) is 37.6 Å². The van der Waals surface area contributed by atoms with Crippen LogP contribution in [0.5, 0.6) is 5.75 Å². The van der Waals surface area contributed by atoms with Crippen molar-refractivity contribution >= 4 is 11.9 Å². The van der Waals surface area contributed by atoms with Crippen LogP contribution < -0.4 is 15.4 Å². The van der Waals surface area contributed by atoms with Gasteiger partial charge in [0.05, 0.1) is 6.61 Å². The minimum absolute atomic E-state index is 0.203. The molecule has 0 bridgehead atoms. The number of amides is 1. The quantitative estimate of drug-likeness (QED) is 0.421. The van der Waals surface area contributed by atoms with Gasteiger partial charge < -0.3 is 20.3 Å². The topological polar surface area (TPSA) is 66.0 Å². The minimum atomic E-state index is -0.269. The highest BCUT2D eigenvalue weighted by molar-refractivity contribution is 5.80. The second kappa shape index (κ2) is 10.6. The molecule has 144 valence electrons. The number of hydrogen-bond acceptors (Lipinski definition) is 3. The predicted octanol–water partition coefficient (Wildman–Crippen LogP) is 2.16. The molecule has 1 aromatic carbocycles. The number of carbonyl (C=O) groups excluding carboxylic acids is 1. The van der Waals surface area contributed by atoms with Crippen LogP contribution >= 0.6 is 0 Å². The molecule has 1 aliphatic rings. The summed E-state index contributed by atoms with van der Waals surface area (Å²) in [5.41, 5.74) is 0. The molecular formula is C19H29FN4O2. The van der Waals surface area contributed by atoms with Gasteiger partial charge in [0.15, 0.2) is 5.96 Å². The average Bonchev–Trinajstić information content (AvgIpc) is 3.11. The molecule has 0 saturated carbocycles. The molecule has 26 heavy (non-hydrogen) atoms. The Morgan fingerprint density at radius 3 is 2.81 bits per heavy atom. The van der Waals surface area contributed by atoms with E-state index in [0.29, 0.717) is 25.3 Å². The zero-order valence-corrected chi connectivity index (χ0v) is 15.6. The molecule has 1 aliphatic heterocycles. The third-order valence-electron chi connectivity index (χ3n) is 4.18. The maximum atomic E-state index is 12.8. The van der Waals surface area contributed by atoms with E-state index >= 15 is 0 Å². The van der Waals surface area contributed by atoms with Gasteiger partial charge in [0.1, 0.15) is 11.6 Å². The van der Waals surface area contributed by atoms with Gasteiger partial charge in [-0.25, -0.2) is 4.39 Å². The zero-order valence-electron chi connectivity index (χ0n) is 15.6. The van der Waals surface area contributed by atoms with E-state index in [-0.39, 0.29) is 17.8 Å². The largest absolute Gasteiger partial charge is 0.494 e. The van der Waals surface area contributed by atoms with E-state index in [1.807, 2.05) is 18.7 Å². The number of ether oxygens (including phenoxy) is 1. The third-order valence-corrected chi connectivity index (χ3v) is 4.18. The second-order valence-electron chi connectivity index (χ2n) is 6.24. The standard InChI is InChI=1S/C19H29FN4O2/c1-3-18(25)24-12-10-16(14-24)23-19(21-4-2)22-11-5-13-26-17-8-6-15(20)7-9-17/h6-9,16H,3-5,10-14H2,1-2H3,(H2,21,22,23). The fourth-order valence-electron chi connectivity index (χ4n) is 2.82. The number of carbonyl (C=O) groups is 1. The maximum Gasteiger partial charge on any atom is 0.222 e. The molecule has 1 heterocycles. The summed E-state index contributed by atoms with van der Waals surface area (Å²) in [7, 11) is 0. The maximum absolute atomic E-state index is 12.8. The van der Waals surface area contributed by atoms with Gasteiger partial charge in [-0.3, -0.25) is 9.79 Å². The van der Waals surface area contributed by atoms with Crippen LogP contribution in [-0.2, 0) is 4.79 Å². The summed E-state index contributed by atoms with van der Waals surface area (Å²) in [4.78, 5) is 18.2. The minimum Gasteiger partial charge on any atom is -0.494 e. The van der Waals surface area contributed by atoms with Gasteiger partial charge in [-0.2, -0.15) is 0 Å². The Bertz CT molecular complexity index is 592. The number of guanidine groups is 1. The normalized spacial score (nSPS) is 17.3. The molecule has 1 fully saturated rings. The lowest BCUT2D eigenvalue weighted by molar-refractivity contribution is -0.129. The monoisotopic (exact) mass is 364 g/mol. The van der Waals surface area contributed by atoms with Crippen molar-refractivity contribution < 1.29 is 13.9 Å². The molecule has 2 rings (SSSR count). The van der Waals surface area contributed by atoms with Crippen molar-refractivity contribution in [2.24, 2.45) is 4.99 Å². The van der Waals surface area contributed by atoms with E-state index in [1.165, 1.54) is 12.1 Å². The molecule has 1 amide bonds. The molecule has 0 radical (unpaired) electrons. The van der Waals surface area contributed by atoms with Gasteiger partial charge in [0.2, 0.25) is 5.91 Å². The van der Waals surface area contributed by atoms with Gasteiger partial charge in [-0.15, -0.1) is 0 Å². The van der Waals surface area contributed by atoms with E-state index in [0.717, 1.165) is 38.4 Å². The highest BCUT2D eigenvalue weighted by Crippen LogP contribution is 2.11. The summed E-state index contributed by atoms with van der Waals surface area (Å²) < 4.78 is 18.4. The molecular weight excluding hydrogens is 335 g/mol. The Morgan fingerprint density at radius 1 is 1.35 bits per heavy atom. The van der Waals surface area contributed by atoms with Gasteiger partial charge in [-0.1, -0.05) is 6.92 Å². The molecule has 0 aromatic heterocycles. The molecule has 1 aromatic rings. The average molecular weight is 364 g/mol. The Labute approximate surface area is 154 Å². The number of benzene rings is 1. The van der Waals surface area contributed by atoms with E-state index < -0.39 is 0 Å². The predicted molar refractivity (Wildman–Crippen MR) is 101 cm³/mol. The van der Waals surface area contributed by atoms with Gasteiger partial charge in [0, 0.05) is 45.1 Å². The second-order valence-corrected chi connectivity index (χ2v) is 6.24. The lowest BCUT2D eigenvalue weighted by Gasteiger charge is -2.18.